The zero-order chi connectivity index (χ0) is 89.3. The molecule has 0 spiro atoms. The summed E-state index contributed by atoms with van der Waals surface area (Å²) in [5, 5.41) is -0.458. The highest BCUT2D eigenvalue weighted by Gasteiger charge is 2.47. The van der Waals surface area contributed by atoms with Crippen molar-refractivity contribution in [3.8, 4) is 67.1 Å². The summed E-state index contributed by atoms with van der Waals surface area (Å²) in [5.41, 5.74) is 17.0. The lowest BCUT2D eigenvalue weighted by Gasteiger charge is -2.46. The molecule has 5 nitrogen and oxygen atoms in total. The number of hydrogen-bond donors (Lipinski definition) is 0. The van der Waals surface area contributed by atoms with Gasteiger partial charge >= 0.3 is 0 Å². The molecule has 5 heterocycles. The second kappa shape index (κ2) is 25.5. The van der Waals surface area contributed by atoms with Crippen LogP contribution in [-0.4, -0.2) is 20.8 Å². The first-order chi connectivity index (χ1) is 58.9. The smallest absolute Gasteiger partial charge is 0.252 e. The Morgan fingerprint density at radius 2 is 0.661 bits per heavy atom. The van der Waals surface area contributed by atoms with Crippen LogP contribution in [0.1, 0.15) is 154 Å². The zero-order valence-corrected chi connectivity index (χ0v) is 64.4. The summed E-state index contributed by atoms with van der Waals surface area (Å²) >= 11 is 0. The van der Waals surface area contributed by atoms with Crippen molar-refractivity contribution in [2.45, 2.75) is 131 Å². The van der Waals surface area contributed by atoms with Crippen molar-refractivity contribution in [1.29, 1.82) is 0 Å². The van der Waals surface area contributed by atoms with E-state index in [4.69, 9.17) is 4.98 Å². The minimum absolute atomic E-state index is 0.0913. The summed E-state index contributed by atoms with van der Waals surface area (Å²) in [6.07, 6.45) is 0. The molecule has 18 rings (SSSR count). The molecule has 0 saturated heterocycles. The fourth-order valence-electron chi connectivity index (χ4n) is 16.2. The van der Waals surface area contributed by atoms with E-state index in [0.29, 0.717) is 39.5 Å². The van der Waals surface area contributed by atoms with Crippen molar-refractivity contribution in [3.63, 3.8) is 0 Å². The number of hydrogen-bond acceptors (Lipinski definition) is 3. The van der Waals surface area contributed by atoms with E-state index in [1.165, 1.54) is 0 Å². The molecule has 0 amide bonds. The van der Waals surface area contributed by atoms with Crippen LogP contribution >= 0.6 is 0 Å². The molecule has 2 aliphatic rings. The molecular formula is C103H94BN5. The minimum Gasteiger partial charge on any atom is -0.310 e. The van der Waals surface area contributed by atoms with Gasteiger partial charge in [-0.25, -0.2) is 0 Å². The quantitative estimate of drug-likeness (QED) is 0.135. The number of rotatable bonds is 9. The third-order valence-corrected chi connectivity index (χ3v) is 22.1. The number of anilines is 6. The van der Waals surface area contributed by atoms with E-state index in [-0.39, 0.29) is 65.8 Å². The number of aromatic nitrogens is 3. The molecule has 2 aliphatic heterocycles. The van der Waals surface area contributed by atoms with E-state index in [2.05, 4.69) is 211 Å². The number of pyridine rings is 1. The van der Waals surface area contributed by atoms with E-state index in [1.54, 1.807) is 9.13 Å². The van der Waals surface area contributed by atoms with Gasteiger partial charge in [-0.1, -0.05) is 310 Å². The van der Waals surface area contributed by atoms with E-state index >= 15 is 0 Å². The van der Waals surface area contributed by atoms with Crippen LogP contribution in [0.3, 0.4) is 0 Å². The molecule has 0 saturated carbocycles. The van der Waals surface area contributed by atoms with Crippen LogP contribution in [-0.2, 0) is 27.1 Å². The molecule has 13 aromatic carbocycles. The van der Waals surface area contributed by atoms with Crippen molar-refractivity contribution in [1.82, 2.24) is 14.1 Å². The average molecular weight is 1430 g/mol. The minimum atomic E-state index is -0.824. The maximum absolute atomic E-state index is 10.3. The van der Waals surface area contributed by atoms with Crippen LogP contribution in [0.15, 0.2) is 297 Å². The molecule has 0 fully saturated rings. The lowest BCUT2D eigenvalue weighted by atomic mass is 9.33. The molecular weight excluding hydrogens is 1320 g/mol. The van der Waals surface area contributed by atoms with Crippen LogP contribution < -0.4 is 26.2 Å². The van der Waals surface area contributed by atoms with Crippen molar-refractivity contribution in [2.24, 2.45) is 0 Å². The van der Waals surface area contributed by atoms with Crippen LogP contribution in [0.25, 0.3) is 111 Å². The molecule has 0 atom stereocenters. The van der Waals surface area contributed by atoms with E-state index < -0.39 is 120 Å². The summed E-state index contributed by atoms with van der Waals surface area (Å²) in [5.74, 6) is 0. The first kappa shape index (κ1) is 53.1. The third kappa shape index (κ3) is 11.7. The first-order valence-electron chi connectivity index (χ1n) is 45.6. The van der Waals surface area contributed by atoms with Gasteiger partial charge in [-0.15, -0.1) is 0 Å². The monoisotopic (exact) mass is 1430 g/mol. The first-order valence-corrected chi connectivity index (χ1v) is 37.6. The molecule has 534 valence electrons. The Balaban J connectivity index is 1.14. The van der Waals surface area contributed by atoms with Gasteiger partial charge in [0.2, 0.25) is 0 Å². The van der Waals surface area contributed by atoms with Gasteiger partial charge in [0.1, 0.15) is 0 Å². The van der Waals surface area contributed by atoms with Crippen molar-refractivity contribution in [2.75, 3.05) is 9.80 Å². The van der Waals surface area contributed by atoms with Crippen LogP contribution in [0.5, 0.6) is 0 Å². The van der Waals surface area contributed by atoms with Crippen molar-refractivity contribution in [3.05, 3.63) is 325 Å². The zero-order valence-electron chi connectivity index (χ0n) is 80.4. The molecule has 6 heteroatoms. The molecule has 3 aromatic heterocycles. The predicted octanol–water partition coefficient (Wildman–Crippen LogP) is 26.2. The molecule has 0 radical (unpaired) electrons. The van der Waals surface area contributed by atoms with Crippen LogP contribution in [0, 0.1) is 0 Å². The predicted molar refractivity (Wildman–Crippen MR) is 468 cm³/mol. The maximum Gasteiger partial charge on any atom is 0.252 e. The van der Waals surface area contributed by atoms with E-state index in [9.17, 15) is 21.9 Å². The summed E-state index contributed by atoms with van der Waals surface area (Å²) in [6.45, 7) is 32.0. The number of para-hydroxylation sites is 4. The Morgan fingerprint density at radius 1 is 0.294 bits per heavy atom. The van der Waals surface area contributed by atoms with Gasteiger partial charge in [-0.2, -0.15) is 0 Å². The molecule has 0 N–H and O–H groups in total. The largest absolute Gasteiger partial charge is 0.310 e. The normalized spacial score (nSPS) is 15.3. The summed E-state index contributed by atoms with van der Waals surface area (Å²) in [6, 6.07) is 60.5. The fraction of sp³-hybridized carbons (Fsp3) is 0.194. The average Bonchev–Trinajstić information content (AvgIpc) is 1.68. The molecule has 16 aromatic rings. The highest BCUT2D eigenvalue weighted by atomic mass is 15.2. The molecule has 0 unspecified atom stereocenters. The van der Waals surface area contributed by atoms with Gasteiger partial charge < -0.3 is 18.9 Å². The molecule has 0 aliphatic carbocycles. The Hall–Kier alpha value is -11.7. The number of nitrogens with zero attached hydrogens (tertiary/aromatic N) is 5. The lowest BCUT2D eigenvalue weighted by Crippen LogP contribution is -2.61. The summed E-state index contributed by atoms with van der Waals surface area (Å²) in [7, 11) is 0. The van der Waals surface area contributed by atoms with E-state index in [1.807, 2.05) is 103 Å². The highest BCUT2D eigenvalue weighted by Crippen LogP contribution is 2.56. The lowest BCUT2D eigenvalue weighted by molar-refractivity contribution is 0.569. The summed E-state index contributed by atoms with van der Waals surface area (Å²) in [4.78, 5) is 10.3. The number of benzene rings is 13. The number of fused-ring (bicyclic) bond motifs is 10. The molecule has 0 bridgehead atoms. The molecule has 109 heavy (non-hydrogen) atoms. The Kier molecular flexibility index (Phi) is 12.4. The van der Waals surface area contributed by atoms with E-state index in [0.717, 1.165) is 94.8 Å². The topological polar surface area (TPSA) is 29.2 Å². The SMILES string of the molecule is [2H]c1c([2H])c([2H])c2c(c1[2H])c1c([2H])c([2H])c([2H])c([2H])c1n2-c1ccc2c(c1)N(c1c(-c3ccccc3)cc(C(C)(C)C)cc1-c1cccc(C(C)(C)C)n1)c1cc(-n3c4c([2H])c([2H])c([2H])c([2H])c4c4c([2H])c([2H])c([2H])c([2H])c43)cc3c1B2c1ccc(-c2cc(C(C)(C)C)cc(C(C)(C)C)c2)cc1N3c1c(-c2ccccc2)cc(C(C)(C)C)cc1-c1ccccc1. The van der Waals surface area contributed by atoms with Crippen LogP contribution in [0.2, 0.25) is 0 Å². The standard InChI is InChI=1S/C103H94BN5/c1-99(2,3)70-54-69(55-71(57-70)100(4,5)6)68-50-52-84-91(56-68)108(97-80(65-34-19-16-20-35-65)58-72(101(7,8)9)59-81(97)66-36-21-17-22-37-66)93-63-75(107-89-47-31-27-42-78(89)79-43-28-32-48-90(79)107)64-94-96(93)104(84)85-53-51-74(106-87-45-29-25-40-76(87)77-41-26-30-46-88(77)106)62-92(85)109(94)98-82(67-38-23-18-24-39-67)60-73(102(10,11)12)61-83(98)86-44-33-49-95(105-86)103(13,14)15/h16-64H,1-15H3/i25D,26D,27D,28D,29D,30D,31D,32D,40D,41D,42D,43D,45D,46D,47D,48D. The van der Waals surface area contributed by atoms with Gasteiger partial charge in [-0.05, 0) is 179 Å². The van der Waals surface area contributed by atoms with Crippen molar-refractivity contribution >= 4 is 101 Å². The highest BCUT2D eigenvalue weighted by molar-refractivity contribution is 7.00. The van der Waals surface area contributed by atoms with Gasteiger partial charge in [-0.3, -0.25) is 4.98 Å². The van der Waals surface area contributed by atoms with Gasteiger partial charge in [0.25, 0.3) is 6.71 Å². The second-order valence-corrected chi connectivity index (χ2v) is 34.5. The Morgan fingerprint density at radius 3 is 1.08 bits per heavy atom. The summed E-state index contributed by atoms with van der Waals surface area (Å²) < 4.78 is 159. The Labute approximate surface area is 666 Å². The van der Waals surface area contributed by atoms with Gasteiger partial charge in [0.15, 0.2) is 0 Å². The fourth-order valence-corrected chi connectivity index (χ4v) is 16.2. The van der Waals surface area contributed by atoms with Gasteiger partial charge in [0.05, 0.1) is 66.8 Å². The maximum atomic E-state index is 10.3. The Bertz CT molecular complexity index is 7080. The third-order valence-electron chi connectivity index (χ3n) is 22.1. The van der Waals surface area contributed by atoms with Gasteiger partial charge in [0, 0.05) is 83.3 Å². The second-order valence-electron chi connectivity index (χ2n) is 34.5. The van der Waals surface area contributed by atoms with Crippen LogP contribution in [0.4, 0.5) is 34.1 Å². The van der Waals surface area contributed by atoms with Crippen molar-refractivity contribution < 1.29 is 21.9 Å².